The zero-order valence-electron chi connectivity index (χ0n) is 11.8. The highest BCUT2D eigenvalue weighted by molar-refractivity contribution is 5.37. The van der Waals surface area contributed by atoms with Gasteiger partial charge in [-0.05, 0) is 37.6 Å². The van der Waals surface area contributed by atoms with Gasteiger partial charge in [0.2, 0.25) is 0 Å². The lowest BCUT2D eigenvalue weighted by Gasteiger charge is -2.16. The van der Waals surface area contributed by atoms with Crippen molar-refractivity contribution in [2.24, 2.45) is 0 Å². The van der Waals surface area contributed by atoms with Gasteiger partial charge >= 0.3 is 0 Å². The van der Waals surface area contributed by atoms with Crippen LogP contribution in [0.3, 0.4) is 0 Å². The molecule has 0 aliphatic heterocycles. The number of nitrogens with zero attached hydrogens (tertiary/aromatic N) is 2. The van der Waals surface area contributed by atoms with Gasteiger partial charge in [0.25, 0.3) is 0 Å². The van der Waals surface area contributed by atoms with Gasteiger partial charge in [-0.25, -0.2) is 4.98 Å². The van der Waals surface area contributed by atoms with E-state index >= 15 is 0 Å². The first-order valence-electron chi connectivity index (χ1n) is 6.62. The molecule has 0 fully saturated rings. The first-order valence-corrected chi connectivity index (χ1v) is 6.62. The number of hydrogen-bond donors (Lipinski definition) is 1. The predicted molar refractivity (Wildman–Crippen MR) is 75.8 cm³/mol. The number of aromatic nitrogens is 1. The fourth-order valence-electron chi connectivity index (χ4n) is 1.79. The molecule has 1 aromatic heterocycles. The average Bonchev–Trinajstić information content (AvgIpc) is 2.37. The van der Waals surface area contributed by atoms with Crippen LogP contribution in [-0.4, -0.2) is 43.7 Å². The largest absolute Gasteiger partial charge is 0.385 e. The second-order valence-electron chi connectivity index (χ2n) is 4.56. The van der Waals surface area contributed by atoms with Gasteiger partial charge in [-0.2, -0.15) is 0 Å². The fraction of sp³-hybridized carbons (Fsp3) is 0.643. The predicted octanol–water partition coefficient (Wildman–Crippen LogP) is 2.37. The summed E-state index contributed by atoms with van der Waals surface area (Å²) < 4.78 is 5.06. The summed E-state index contributed by atoms with van der Waals surface area (Å²) in [4.78, 5) is 6.61. The molecule has 1 N–H and O–H groups in total. The molecule has 0 saturated carbocycles. The Balaban J connectivity index is 2.40. The minimum absolute atomic E-state index is 0.823. The van der Waals surface area contributed by atoms with Crippen molar-refractivity contribution < 1.29 is 4.74 Å². The van der Waals surface area contributed by atoms with Crippen molar-refractivity contribution in [3.8, 4) is 0 Å². The number of ether oxygens (including phenoxy) is 1. The fourth-order valence-corrected chi connectivity index (χ4v) is 1.79. The molecule has 0 amide bonds. The highest BCUT2D eigenvalue weighted by atomic mass is 16.5. The first-order chi connectivity index (χ1) is 8.76. The molecule has 0 aliphatic rings. The molecule has 1 heterocycles. The molecular weight excluding hydrogens is 226 g/mol. The molecule has 0 atom stereocenters. The third kappa shape index (κ3) is 5.98. The standard InChI is InChI=1S/C14H25N3O/c1-4-7-15-14-11-13(6-8-16-14)12-17(2)9-5-10-18-3/h6,8,11H,4-5,7,9-10,12H2,1-3H3,(H,15,16). The number of pyridine rings is 1. The number of nitrogens with one attached hydrogen (secondary N) is 1. The molecule has 102 valence electrons. The van der Waals surface area contributed by atoms with E-state index in [1.165, 1.54) is 5.56 Å². The van der Waals surface area contributed by atoms with Gasteiger partial charge in [-0.15, -0.1) is 0 Å². The number of rotatable bonds is 9. The van der Waals surface area contributed by atoms with Crippen LogP contribution in [-0.2, 0) is 11.3 Å². The van der Waals surface area contributed by atoms with Crippen molar-refractivity contribution in [2.45, 2.75) is 26.3 Å². The van der Waals surface area contributed by atoms with Crippen LogP contribution in [0.1, 0.15) is 25.3 Å². The molecule has 0 spiro atoms. The maximum Gasteiger partial charge on any atom is 0.126 e. The van der Waals surface area contributed by atoms with E-state index in [-0.39, 0.29) is 0 Å². The van der Waals surface area contributed by atoms with Gasteiger partial charge in [0.1, 0.15) is 5.82 Å². The summed E-state index contributed by atoms with van der Waals surface area (Å²) in [6.07, 6.45) is 4.05. The van der Waals surface area contributed by atoms with Crippen LogP contribution in [0.15, 0.2) is 18.3 Å². The van der Waals surface area contributed by atoms with E-state index in [0.29, 0.717) is 0 Å². The molecule has 0 aromatic carbocycles. The summed E-state index contributed by atoms with van der Waals surface area (Å²) in [5.41, 5.74) is 1.29. The second kappa shape index (κ2) is 8.89. The van der Waals surface area contributed by atoms with Gasteiger partial charge in [0, 0.05) is 39.5 Å². The average molecular weight is 251 g/mol. The minimum Gasteiger partial charge on any atom is -0.385 e. The summed E-state index contributed by atoms with van der Waals surface area (Å²) in [5.74, 6) is 0.972. The Bertz CT molecular complexity index is 331. The lowest BCUT2D eigenvalue weighted by Crippen LogP contribution is -2.20. The zero-order valence-corrected chi connectivity index (χ0v) is 11.8. The molecule has 4 nitrogen and oxygen atoms in total. The minimum atomic E-state index is 0.823. The van der Waals surface area contributed by atoms with E-state index < -0.39 is 0 Å². The Kier molecular flexibility index (Phi) is 7.37. The second-order valence-corrected chi connectivity index (χ2v) is 4.56. The van der Waals surface area contributed by atoms with Crippen molar-refractivity contribution in [3.63, 3.8) is 0 Å². The molecule has 0 radical (unpaired) electrons. The highest BCUT2D eigenvalue weighted by Crippen LogP contribution is 2.09. The first kappa shape index (κ1) is 14.9. The molecule has 0 bridgehead atoms. The third-order valence-corrected chi connectivity index (χ3v) is 2.72. The summed E-state index contributed by atoms with van der Waals surface area (Å²) in [6.45, 7) is 5.95. The summed E-state index contributed by atoms with van der Waals surface area (Å²) >= 11 is 0. The van der Waals surface area contributed by atoms with Crippen LogP contribution in [0.5, 0.6) is 0 Å². The maximum absolute atomic E-state index is 5.06. The molecule has 0 saturated heterocycles. The van der Waals surface area contributed by atoms with E-state index in [2.05, 4.69) is 41.3 Å². The normalized spacial score (nSPS) is 10.9. The number of anilines is 1. The monoisotopic (exact) mass is 251 g/mol. The summed E-state index contributed by atoms with van der Waals surface area (Å²) in [7, 11) is 3.88. The van der Waals surface area contributed by atoms with Crippen molar-refractivity contribution in [2.75, 3.05) is 39.2 Å². The lowest BCUT2D eigenvalue weighted by molar-refractivity contribution is 0.178. The highest BCUT2D eigenvalue weighted by Gasteiger charge is 2.01. The van der Waals surface area contributed by atoms with Gasteiger partial charge in [0.15, 0.2) is 0 Å². The van der Waals surface area contributed by atoms with Crippen molar-refractivity contribution in [1.82, 2.24) is 9.88 Å². The molecule has 1 aromatic rings. The zero-order chi connectivity index (χ0) is 13.2. The van der Waals surface area contributed by atoms with E-state index in [9.17, 15) is 0 Å². The van der Waals surface area contributed by atoms with E-state index in [1.54, 1.807) is 7.11 Å². The van der Waals surface area contributed by atoms with Gasteiger partial charge in [-0.3, -0.25) is 0 Å². The molecule has 4 heteroatoms. The quantitative estimate of drug-likeness (QED) is 0.684. The Hall–Kier alpha value is -1.13. The number of methoxy groups -OCH3 is 1. The molecule has 1 rings (SSSR count). The SMILES string of the molecule is CCCNc1cc(CN(C)CCCOC)ccn1. The van der Waals surface area contributed by atoms with Crippen LogP contribution in [0.2, 0.25) is 0 Å². The summed E-state index contributed by atoms with van der Waals surface area (Å²) in [5, 5.41) is 3.31. The number of hydrogen-bond acceptors (Lipinski definition) is 4. The molecule has 0 aliphatic carbocycles. The smallest absolute Gasteiger partial charge is 0.126 e. The van der Waals surface area contributed by atoms with E-state index in [4.69, 9.17) is 4.74 Å². The Morgan fingerprint density at radius 2 is 2.28 bits per heavy atom. The van der Waals surface area contributed by atoms with Gasteiger partial charge in [0.05, 0.1) is 0 Å². The van der Waals surface area contributed by atoms with Crippen LogP contribution >= 0.6 is 0 Å². The van der Waals surface area contributed by atoms with Crippen LogP contribution < -0.4 is 5.32 Å². The lowest BCUT2D eigenvalue weighted by atomic mass is 10.2. The van der Waals surface area contributed by atoms with Crippen LogP contribution in [0.4, 0.5) is 5.82 Å². The Morgan fingerprint density at radius 1 is 1.44 bits per heavy atom. The van der Waals surface area contributed by atoms with Crippen LogP contribution in [0.25, 0.3) is 0 Å². The third-order valence-electron chi connectivity index (χ3n) is 2.72. The Morgan fingerprint density at radius 3 is 3.00 bits per heavy atom. The van der Waals surface area contributed by atoms with Crippen molar-refractivity contribution in [3.05, 3.63) is 23.9 Å². The van der Waals surface area contributed by atoms with Crippen molar-refractivity contribution >= 4 is 5.82 Å². The maximum atomic E-state index is 5.06. The van der Waals surface area contributed by atoms with Crippen LogP contribution in [0, 0.1) is 0 Å². The van der Waals surface area contributed by atoms with Gasteiger partial charge in [-0.1, -0.05) is 6.92 Å². The summed E-state index contributed by atoms with van der Waals surface area (Å²) in [6, 6.07) is 4.20. The Labute approximate surface area is 110 Å². The van der Waals surface area contributed by atoms with E-state index in [1.807, 2.05) is 6.20 Å². The topological polar surface area (TPSA) is 37.4 Å². The molecular formula is C14H25N3O. The van der Waals surface area contributed by atoms with Gasteiger partial charge < -0.3 is 15.0 Å². The molecule has 18 heavy (non-hydrogen) atoms. The van der Waals surface area contributed by atoms with E-state index in [0.717, 1.165) is 44.9 Å². The van der Waals surface area contributed by atoms with Crippen molar-refractivity contribution in [1.29, 1.82) is 0 Å². The molecule has 0 unspecified atom stereocenters.